The number of rotatable bonds is 4. The number of methoxy groups -OCH3 is 1. The number of benzene rings is 1. The van der Waals surface area contributed by atoms with E-state index >= 15 is 0 Å². The van der Waals surface area contributed by atoms with Crippen molar-refractivity contribution in [2.45, 2.75) is 20.4 Å². The van der Waals surface area contributed by atoms with Gasteiger partial charge in [-0.05, 0) is 38.1 Å². The third kappa shape index (κ3) is 2.90. The molecule has 0 spiro atoms. The molecule has 1 aromatic rings. The third-order valence-corrected chi connectivity index (χ3v) is 4.06. The minimum atomic E-state index is 0.820. The van der Waals surface area contributed by atoms with Gasteiger partial charge in [0.2, 0.25) is 0 Å². The van der Waals surface area contributed by atoms with Crippen LogP contribution in [0.15, 0.2) is 6.07 Å². The summed E-state index contributed by atoms with van der Waals surface area (Å²) in [5.41, 5.74) is 4.13. The molecular weight excluding hydrogens is 289 g/mol. The van der Waals surface area contributed by atoms with Gasteiger partial charge in [-0.1, -0.05) is 27.5 Å². The molecule has 0 heterocycles. The maximum atomic E-state index is 6.25. The average molecular weight is 307 g/mol. The van der Waals surface area contributed by atoms with Crippen LogP contribution in [-0.2, 0) is 6.54 Å². The Morgan fingerprint density at radius 1 is 1.44 bits per heavy atom. The molecule has 0 aliphatic carbocycles. The highest BCUT2D eigenvalue weighted by Crippen LogP contribution is 2.32. The topological polar surface area (TPSA) is 12.5 Å². The van der Waals surface area contributed by atoms with Gasteiger partial charge in [-0.2, -0.15) is 0 Å². The Morgan fingerprint density at radius 3 is 2.56 bits per heavy atom. The largest absolute Gasteiger partial charge is 0.496 e. The van der Waals surface area contributed by atoms with Crippen LogP contribution in [0, 0.1) is 13.8 Å². The predicted octanol–water partition coefficient (Wildman–Crippen LogP) is 3.75. The summed E-state index contributed by atoms with van der Waals surface area (Å²) in [5.74, 6) is 0.909. The Hall–Kier alpha value is -0.250. The van der Waals surface area contributed by atoms with Gasteiger partial charge in [0.25, 0.3) is 0 Å². The lowest BCUT2D eigenvalue weighted by atomic mass is 10.0. The molecule has 16 heavy (non-hydrogen) atoms. The minimum absolute atomic E-state index is 0.820. The van der Waals surface area contributed by atoms with Crippen LogP contribution in [0.2, 0.25) is 5.02 Å². The van der Waals surface area contributed by atoms with Crippen molar-refractivity contribution in [1.82, 2.24) is 4.90 Å². The van der Waals surface area contributed by atoms with Crippen LogP contribution in [0.25, 0.3) is 0 Å². The van der Waals surface area contributed by atoms with Crippen LogP contribution < -0.4 is 4.74 Å². The van der Waals surface area contributed by atoms with E-state index in [1.54, 1.807) is 7.11 Å². The summed E-state index contributed by atoms with van der Waals surface area (Å²) in [6, 6.07) is 1.99. The highest BCUT2D eigenvalue weighted by Gasteiger charge is 2.13. The molecule has 90 valence electrons. The van der Waals surface area contributed by atoms with Gasteiger partial charge in [-0.25, -0.2) is 0 Å². The molecule has 0 aliphatic heterocycles. The lowest BCUT2D eigenvalue weighted by Crippen LogP contribution is -2.16. The first-order valence-corrected chi connectivity index (χ1v) is 6.58. The van der Waals surface area contributed by atoms with Crippen molar-refractivity contribution in [3.05, 3.63) is 27.8 Å². The van der Waals surface area contributed by atoms with Crippen LogP contribution in [0.5, 0.6) is 5.75 Å². The van der Waals surface area contributed by atoms with E-state index in [0.29, 0.717) is 0 Å². The Balaban J connectivity index is 3.19. The van der Waals surface area contributed by atoms with Gasteiger partial charge in [0, 0.05) is 17.1 Å². The molecule has 0 atom stereocenters. The Morgan fingerprint density at radius 2 is 2.06 bits per heavy atom. The highest BCUT2D eigenvalue weighted by molar-refractivity contribution is 9.09. The van der Waals surface area contributed by atoms with E-state index in [9.17, 15) is 0 Å². The Labute approximate surface area is 111 Å². The molecule has 0 amide bonds. The number of aryl methyl sites for hydroxylation is 1. The second-order valence-electron chi connectivity index (χ2n) is 3.95. The summed E-state index contributed by atoms with van der Waals surface area (Å²) >= 11 is 9.68. The second kappa shape index (κ2) is 5.89. The van der Waals surface area contributed by atoms with Crippen molar-refractivity contribution in [3.8, 4) is 5.75 Å². The molecule has 0 saturated carbocycles. The maximum Gasteiger partial charge on any atom is 0.123 e. The zero-order valence-corrected chi connectivity index (χ0v) is 12.4. The summed E-state index contributed by atoms with van der Waals surface area (Å²) < 4.78 is 5.41. The summed E-state index contributed by atoms with van der Waals surface area (Å²) in [5, 5.41) is 0.832. The minimum Gasteiger partial charge on any atom is -0.496 e. The zero-order chi connectivity index (χ0) is 12.3. The van der Waals surface area contributed by atoms with Crippen LogP contribution in [-0.4, -0.2) is 24.5 Å². The number of halogens is 2. The van der Waals surface area contributed by atoms with Gasteiger partial charge in [-0.3, -0.25) is 4.90 Å². The fraction of sp³-hybridized carbons (Fsp3) is 0.500. The smallest absolute Gasteiger partial charge is 0.123 e. The summed E-state index contributed by atoms with van der Waals surface area (Å²) in [7, 11) is 3.74. The maximum absolute atomic E-state index is 6.25. The van der Waals surface area contributed by atoms with Gasteiger partial charge in [-0.15, -0.1) is 0 Å². The molecule has 1 rings (SSSR count). The molecule has 0 bridgehead atoms. The van der Waals surface area contributed by atoms with Crippen molar-refractivity contribution >= 4 is 27.5 Å². The van der Waals surface area contributed by atoms with Crippen LogP contribution >= 0.6 is 27.5 Å². The number of ether oxygens (including phenoxy) is 1. The molecule has 4 heteroatoms. The number of hydrogen-bond acceptors (Lipinski definition) is 2. The number of nitrogens with zero attached hydrogens (tertiary/aromatic N) is 1. The molecule has 0 unspecified atom stereocenters. The fourth-order valence-corrected chi connectivity index (χ4v) is 2.00. The van der Waals surface area contributed by atoms with Crippen molar-refractivity contribution in [3.63, 3.8) is 0 Å². The van der Waals surface area contributed by atoms with E-state index in [2.05, 4.69) is 20.8 Å². The third-order valence-electron chi connectivity index (χ3n) is 2.63. The quantitative estimate of drug-likeness (QED) is 0.620. The van der Waals surface area contributed by atoms with Gasteiger partial charge in [0.05, 0.1) is 12.6 Å². The second-order valence-corrected chi connectivity index (χ2v) is 4.83. The molecule has 1 aromatic carbocycles. The summed E-state index contributed by atoms with van der Waals surface area (Å²) in [6.45, 7) is 4.85. The summed E-state index contributed by atoms with van der Waals surface area (Å²) in [4.78, 5) is 2.15. The molecule has 0 N–H and O–H groups in total. The van der Waals surface area contributed by atoms with Crippen LogP contribution in [0.1, 0.15) is 16.7 Å². The van der Waals surface area contributed by atoms with E-state index in [1.165, 1.54) is 0 Å². The lowest BCUT2D eigenvalue weighted by Gasteiger charge is -2.19. The van der Waals surface area contributed by atoms with E-state index in [4.69, 9.17) is 16.3 Å². The first-order valence-electron chi connectivity index (χ1n) is 5.08. The Bertz CT molecular complexity index is 382. The molecule has 0 saturated heterocycles. The van der Waals surface area contributed by atoms with Crippen molar-refractivity contribution < 1.29 is 4.74 Å². The lowest BCUT2D eigenvalue weighted by molar-refractivity contribution is 0.363. The molecule has 0 radical (unpaired) electrons. The molecule has 0 aliphatic rings. The molecule has 2 nitrogen and oxygen atoms in total. The van der Waals surface area contributed by atoms with Gasteiger partial charge < -0.3 is 4.74 Å². The first-order chi connectivity index (χ1) is 7.51. The van der Waals surface area contributed by atoms with Gasteiger partial charge in [0.1, 0.15) is 5.75 Å². The van der Waals surface area contributed by atoms with Crippen molar-refractivity contribution in [2.24, 2.45) is 0 Å². The van der Waals surface area contributed by atoms with Gasteiger partial charge in [0.15, 0.2) is 0 Å². The highest BCUT2D eigenvalue weighted by atomic mass is 79.9. The van der Waals surface area contributed by atoms with E-state index in [-0.39, 0.29) is 0 Å². The zero-order valence-electron chi connectivity index (χ0n) is 10.1. The molecule has 0 aromatic heterocycles. The van der Waals surface area contributed by atoms with Gasteiger partial charge >= 0.3 is 0 Å². The SMILES string of the molecule is COc1cc(C)c(Cl)c(C)c1CN(C)CBr. The first kappa shape index (κ1) is 13.8. The van der Waals surface area contributed by atoms with E-state index in [1.807, 2.05) is 27.0 Å². The Kier molecular flexibility index (Phi) is 5.09. The summed E-state index contributed by atoms with van der Waals surface area (Å²) in [6.07, 6.45) is 0. The molecular formula is C12H17BrClNO. The normalized spacial score (nSPS) is 10.9. The van der Waals surface area contributed by atoms with Crippen molar-refractivity contribution in [2.75, 3.05) is 19.6 Å². The standard InChI is InChI=1S/C12H17BrClNO/c1-8-5-11(16-4)10(6-15(3)7-13)9(2)12(8)14/h5H,6-7H2,1-4H3. The molecule has 0 fully saturated rings. The monoisotopic (exact) mass is 305 g/mol. The number of alkyl halides is 1. The van der Waals surface area contributed by atoms with Crippen molar-refractivity contribution in [1.29, 1.82) is 0 Å². The average Bonchev–Trinajstić information content (AvgIpc) is 2.29. The van der Waals surface area contributed by atoms with E-state index in [0.717, 1.165) is 39.5 Å². The predicted molar refractivity (Wildman–Crippen MR) is 72.7 cm³/mol. The number of hydrogen-bond donors (Lipinski definition) is 0. The fourth-order valence-electron chi connectivity index (χ4n) is 1.65. The van der Waals surface area contributed by atoms with E-state index < -0.39 is 0 Å². The van der Waals surface area contributed by atoms with Crippen LogP contribution in [0.3, 0.4) is 0 Å². The van der Waals surface area contributed by atoms with Crippen LogP contribution in [0.4, 0.5) is 0 Å².